The molecule has 0 aliphatic carbocycles. The van der Waals surface area contributed by atoms with Crippen molar-refractivity contribution in [3.05, 3.63) is 283 Å². The fraction of sp³-hybridized carbons (Fsp3) is 0.305. The zero-order chi connectivity index (χ0) is 95.4. The van der Waals surface area contributed by atoms with Gasteiger partial charge >= 0.3 is 67.5 Å². The standard InChI is InChI=1S/C16H17Br2NO4.C16H16BrNO4.C16H17NO5.C16H19NO4.C15H16ClNO3.C15H17NO4.CH4.Al.BHNS.Li.4H/c1-3-22-16(20)14-13(9-17)19-15(23-14)12(18)8-10-4-6-11(21-2)7-5-10;1-3-21-16(19)15-13(10-17)18-14(22-15)9-6-11-4-7-12(20-2)8-5-11;1-19-10-13-15(16(18)21-3)22-14(17-13)9-6-11-4-7-12(20-2)8-5-11;1-4-20-16(18)15-11(2)17-14(21-15)10-7-12-5-8-13(19-3)9-6-12;1-18-10-13-14(9-16)20-15(17-13)8-5-11-3-6-12(19-2)7-4-11;1-18-10-13-14(9-17)20-15(16-13)8-5-11-3-6-12(19-2)7-4-11;;;1-2-3;;;;;/h4-7,12H,3,8-9H2,1-2H3;4-9H,3,10H2,1-2H3;4-9H,10H2,1-3H3;5-6,8-9H,4,7,10H2,1-3H3;3-8H,9-10H2,1-2H3;3-8,17H,9-10H2,1-2H3;1H4;;3H;;;;;/q;;;;;;;;;+1;;;;-1/b;2*9-6+;;2*8-5+;;;;;;;;. The van der Waals surface area contributed by atoms with Gasteiger partial charge < -0.3 is 94.6 Å². The second-order valence-electron chi connectivity index (χ2n) is 26.3. The maximum Gasteiger partial charge on any atom is 1.00 e. The number of benzene rings is 6. The van der Waals surface area contributed by atoms with Crippen molar-refractivity contribution in [2.45, 2.75) is 102 Å². The van der Waals surface area contributed by atoms with Gasteiger partial charge in [-0.05, 0) is 171 Å². The molecule has 0 fully saturated rings. The van der Waals surface area contributed by atoms with Gasteiger partial charge in [0.1, 0.15) is 75.3 Å². The number of aliphatic hydroxyl groups is 1. The molecule has 0 saturated carbocycles. The van der Waals surface area contributed by atoms with Gasteiger partial charge in [0, 0.05) is 62.7 Å². The van der Waals surface area contributed by atoms with Gasteiger partial charge in [-0.25, -0.2) is 49.1 Å². The SMILES string of the molecule is C.CCOC(=O)c1oc(/C=C/c2ccc(OC)cc2)nc1CBr.CCOC(=O)c1oc(C(Br)Cc2ccc(OC)cc2)nc1CBr.CCOC(=O)c1oc(CCc2ccc(OC)cc2)nc1C.COCc1nc(/C=C/c2ccc(OC)cc2)oc1C(=O)OC.COCc1nc(/C=C/c2ccc(OC)cc2)oc1CCl.COCc1nc(/C=C/c2ccc(OC)cc2)oc1CO.[AlH3].[B]=NS.[H-].[Li+]. The number of thiol groups is 1. The van der Waals surface area contributed by atoms with E-state index < -0.39 is 23.9 Å². The maximum atomic E-state index is 11.9. The van der Waals surface area contributed by atoms with Crippen LogP contribution >= 0.6 is 72.2 Å². The number of hydrogen-bond acceptors (Lipinski definition) is 32. The zero-order valence-electron chi connectivity index (χ0n) is 76.7. The minimum absolute atomic E-state index is 0. The molecule has 711 valence electrons. The van der Waals surface area contributed by atoms with E-state index in [1.54, 1.807) is 109 Å². The number of aryl methyl sites for hydroxylation is 3. The van der Waals surface area contributed by atoms with Gasteiger partial charge in [0.25, 0.3) is 0 Å². The van der Waals surface area contributed by atoms with Crippen LogP contribution in [0.4, 0.5) is 0 Å². The molecule has 31 nitrogen and oxygen atoms in total. The number of alkyl halides is 4. The van der Waals surface area contributed by atoms with Crippen LogP contribution in [0.1, 0.15) is 191 Å². The Hall–Kier alpha value is -10.9. The van der Waals surface area contributed by atoms with E-state index in [1.165, 1.54) is 14.2 Å². The van der Waals surface area contributed by atoms with Crippen molar-refractivity contribution >= 4 is 170 Å². The van der Waals surface area contributed by atoms with E-state index in [0.29, 0.717) is 125 Å². The Labute approximate surface area is 840 Å². The van der Waals surface area contributed by atoms with Crippen LogP contribution in [0.5, 0.6) is 34.5 Å². The molecule has 6 heterocycles. The monoisotopic (exact) mass is 2080 g/mol. The van der Waals surface area contributed by atoms with E-state index in [-0.39, 0.29) is 98.6 Å². The van der Waals surface area contributed by atoms with Crippen molar-refractivity contribution in [2.24, 2.45) is 4.30 Å². The molecule has 0 spiro atoms. The van der Waals surface area contributed by atoms with Gasteiger partial charge in [-0.1, -0.05) is 128 Å². The number of carbonyl (C=O) groups is 4. The third kappa shape index (κ3) is 39.6. The Kier molecular flexibility index (Phi) is 57.5. The van der Waals surface area contributed by atoms with E-state index >= 15 is 0 Å². The number of aliphatic hydroxyl groups excluding tert-OH is 1. The maximum absolute atomic E-state index is 11.9. The first-order valence-electron chi connectivity index (χ1n) is 40.0. The molecule has 1 unspecified atom stereocenters. The zero-order valence-corrected chi connectivity index (χ0v) is 82.2. The quantitative estimate of drug-likeness (QED) is 0.0120. The Morgan fingerprint density at radius 2 is 0.754 bits per heavy atom. The fourth-order valence-electron chi connectivity index (χ4n) is 11.0. The predicted octanol–water partition coefficient (Wildman–Crippen LogP) is 17.1. The summed E-state index contributed by atoms with van der Waals surface area (Å²) in [4.78, 5) is 72.5. The topological polar surface area (TPSA) is 377 Å². The normalized spacial score (nSPS) is 10.7. The molecule has 6 aromatic carbocycles. The smallest absolute Gasteiger partial charge is 1.00 e. The van der Waals surface area contributed by atoms with Gasteiger partial charge in [-0.2, -0.15) is 0 Å². The van der Waals surface area contributed by atoms with Crippen molar-refractivity contribution in [3.8, 4) is 34.5 Å². The van der Waals surface area contributed by atoms with Crippen molar-refractivity contribution in [2.75, 3.05) is 90.9 Å². The second kappa shape index (κ2) is 65.7. The number of aromatic nitrogens is 6. The third-order valence-electron chi connectivity index (χ3n) is 17.5. The largest absolute Gasteiger partial charge is 1.00 e. The van der Waals surface area contributed by atoms with Crippen LogP contribution in [0, 0.1) is 6.92 Å². The Morgan fingerprint density at radius 3 is 1.10 bits per heavy atom. The fourth-order valence-corrected chi connectivity index (χ4v) is 12.6. The number of oxazole rings is 6. The molecule has 134 heavy (non-hydrogen) atoms. The Morgan fingerprint density at radius 1 is 0.440 bits per heavy atom. The summed E-state index contributed by atoms with van der Waals surface area (Å²) in [6.45, 7) is 8.58. The molecule has 1 N–H and O–H groups in total. The van der Waals surface area contributed by atoms with Crippen LogP contribution in [-0.2, 0) is 95.4 Å². The minimum Gasteiger partial charge on any atom is -1.00 e. The predicted molar refractivity (Wildman–Crippen MR) is 527 cm³/mol. The summed E-state index contributed by atoms with van der Waals surface area (Å²) >= 11 is 19.2. The molecule has 0 aliphatic rings. The second-order valence-corrected chi connectivity index (χ2v) is 29.0. The number of rotatable bonds is 37. The van der Waals surface area contributed by atoms with Crippen LogP contribution in [0.3, 0.4) is 0 Å². The number of ether oxygens (including phenoxy) is 13. The summed E-state index contributed by atoms with van der Waals surface area (Å²) in [6.07, 6.45) is 16.5. The van der Waals surface area contributed by atoms with Crippen LogP contribution in [0.2, 0.25) is 0 Å². The van der Waals surface area contributed by atoms with Crippen molar-refractivity contribution < 1.29 is 133 Å². The number of methoxy groups -OCH3 is 10. The summed E-state index contributed by atoms with van der Waals surface area (Å²) in [6, 6.07) is 46.0. The van der Waals surface area contributed by atoms with Crippen LogP contribution in [0.25, 0.3) is 48.6 Å². The molecule has 0 amide bonds. The summed E-state index contributed by atoms with van der Waals surface area (Å²) in [5.41, 5.74) is 9.60. The van der Waals surface area contributed by atoms with E-state index in [1.807, 2.05) is 170 Å². The van der Waals surface area contributed by atoms with Gasteiger partial charge in [-0.3, -0.25) is 0 Å². The summed E-state index contributed by atoms with van der Waals surface area (Å²) in [5.74, 6) is 7.31. The van der Waals surface area contributed by atoms with E-state index in [0.717, 1.165) is 80.0 Å². The number of halogens is 4. The first kappa shape index (κ1) is 117. The number of hydrogen-bond donors (Lipinski definition) is 2. The van der Waals surface area contributed by atoms with Crippen LogP contribution in [0.15, 0.2) is 176 Å². The van der Waals surface area contributed by atoms with Gasteiger partial charge in [0.15, 0.2) is 29.0 Å². The molecule has 0 bridgehead atoms. The average molecular weight is 2090 g/mol. The molecule has 1 radical (unpaired) electrons. The first-order chi connectivity index (χ1) is 63.5. The third-order valence-corrected chi connectivity index (χ3v) is 19.5. The van der Waals surface area contributed by atoms with Crippen LogP contribution in [-0.4, -0.2) is 175 Å². The van der Waals surface area contributed by atoms with Crippen molar-refractivity contribution in [1.29, 1.82) is 0 Å². The summed E-state index contributed by atoms with van der Waals surface area (Å²) < 4.78 is 101. The van der Waals surface area contributed by atoms with Gasteiger partial charge in [0.2, 0.25) is 52.5 Å². The number of nitrogens with zero attached hydrogens (tertiary/aromatic N) is 7. The molecular formula is C95H111AlBBr3ClLiN7O24S. The van der Waals surface area contributed by atoms with E-state index in [4.69, 9.17) is 94.9 Å². The molecule has 1 atom stereocenters. The van der Waals surface area contributed by atoms with E-state index in [9.17, 15) is 24.3 Å². The first-order valence-corrected chi connectivity index (χ1v) is 44.1. The molecule has 0 saturated heterocycles. The van der Waals surface area contributed by atoms with E-state index in [2.05, 4.69) is 107 Å². The average Bonchev–Trinajstić information content (AvgIpc) is 1.68. The Bertz CT molecular complexity index is 5470. The summed E-state index contributed by atoms with van der Waals surface area (Å²) in [7, 11) is 20.1. The van der Waals surface area contributed by atoms with Crippen molar-refractivity contribution in [1.82, 2.24) is 29.9 Å². The molecule has 0 aliphatic heterocycles. The van der Waals surface area contributed by atoms with Gasteiger partial charge in [-0.15, -0.1) is 11.6 Å². The van der Waals surface area contributed by atoms with Crippen molar-refractivity contribution in [3.63, 3.8) is 0 Å². The molecule has 12 aromatic rings. The summed E-state index contributed by atoms with van der Waals surface area (Å²) in [5, 5.41) is 10.0. The Balaban J connectivity index is 0.000000542. The minimum atomic E-state index is -0.580. The number of carbonyl (C=O) groups excluding carboxylic acids is 4. The molecular weight excluding hydrogens is 1980 g/mol. The number of esters is 4. The molecule has 39 heteroatoms. The molecule has 12 rings (SSSR count). The van der Waals surface area contributed by atoms with Gasteiger partial charge in [0.05, 0.1) is 106 Å². The van der Waals surface area contributed by atoms with Crippen LogP contribution < -0.4 is 47.3 Å². The molecule has 6 aromatic heterocycles.